The van der Waals surface area contributed by atoms with E-state index in [1.807, 2.05) is 0 Å². The SMILES string of the molecule is C=CC=C.CCCCCCCCC(=Nc1c(C)cccc1C)c1cccc(C(CCCCCCCC)=Nc2c(C)cccc2C)n1.[Fe]. The van der Waals surface area contributed by atoms with E-state index in [4.69, 9.17) is 15.0 Å². The molecule has 0 aliphatic rings. The molecule has 0 radical (unpaired) electrons. The summed E-state index contributed by atoms with van der Waals surface area (Å²) >= 11 is 0. The maximum atomic E-state index is 5.29. The molecule has 2 aromatic carbocycles. The van der Waals surface area contributed by atoms with Crippen molar-refractivity contribution in [2.24, 2.45) is 9.98 Å². The summed E-state index contributed by atoms with van der Waals surface area (Å²) in [4.78, 5) is 15.9. The molecule has 1 aromatic heterocycles. The van der Waals surface area contributed by atoms with E-state index in [1.165, 1.54) is 86.5 Å². The van der Waals surface area contributed by atoms with Gasteiger partial charge in [-0.1, -0.05) is 146 Å². The quantitative estimate of drug-likeness (QED) is 0.0539. The molecule has 0 unspecified atom stereocenters. The monoisotopic (exact) mass is 675 g/mol. The summed E-state index contributed by atoms with van der Waals surface area (Å²) in [5.74, 6) is 0. The van der Waals surface area contributed by atoms with Gasteiger partial charge < -0.3 is 0 Å². The van der Waals surface area contributed by atoms with Crippen LogP contribution in [-0.4, -0.2) is 16.4 Å². The normalized spacial score (nSPS) is 11.4. The third kappa shape index (κ3) is 15.6. The Balaban J connectivity index is 0.00000208. The molecule has 0 bridgehead atoms. The van der Waals surface area contributed by atoms with Crippen LogP contribution in [0.2, 0.25) is 0 Å². The zero-order chi connectivity index (χ0) is 33.6. The van der Waals surface area contributed by atoms with E-state index in [9.17, 15) is 0 Å². The van der Waals surface area contributed by atoms with E-state index >= 15 is 0 Å². The average molecular weight is 676 g/mol. The summed E-state index contributed by atoms with van der Waals surface area (Å²) in [6.07, 6.45) is 20.4. The first-order chi connectivity index (χ1) is 22.4. The van der Waals surface area contributed by atoms with Crippen molar-refractivity contribution in [1.29, 1.82) is 0 Å². The zero-order valence-electron chi connectivity index (χ0n) is 30.4. The van der Waals surface area contributed by atoms with Crippen LogP contribution < -0.4 is 0 Å². The summed E-state index contributed by atoms with van der Waals surface area (Å²) in [6, 6.07) is 19.3. The molecule has 0 spiro atoms. The third-order valence-electron chi connectivity index (χ3n) is 8.41. The van der Waals surface area contributed by atoms with Gasteiger partial charge >= 0.3 is 0 Å². The Bertz CT molecular complexity index is 1260. The smallest absolute Gasteiger partial charge is 0.0852 e. The molecule has 4 heteroatoms. The van der Waals surface area contributed by atoms with Crippen molar-refractivity contribution in [3.63, 3.8) is 0 Å². The number of hydrogen-bond acceptors (Lipinski definition) is 3. The topological polar surface area (TPSA) is 37.6 Å². The van der Waals surface area contributed by atoms with Crippen LogP contribution in [0.15, 0.2) is 89.9 Å². The van der Waals surface area contributed by atoms with E-state index in [-0.39, 0.29) is 17.1 Å². The summed E-state index contributed by atoms with van der Waals surface area (Å²) in [6.45, 7) is 19.9. The molecule has 0 aliphatic carbocycles. The predicted molar refractivity (Wildman–Crippen MR) is 205 cm³/mol. The van der Waals surface area contributed by atoms with Gasteiger partial charge in [0.25, 0.3) is 0 Å². The molecule has 1 heterocycles. The molecule has 0 atom stereocenters. The van der Waals surface area contributed by atoms with Crippen LogP contribution in [0.1, 0.15) is 137 Å². The minimum Gasteiger partial charge on any atom is -0.251 e. The first-order valence-corrected chi connectivity index (χ1v) is 17.8. The van der Waals surface area contributed by atoms with Gasteiger partial charge in [0.15, 0.2) is 0 Å². The van der Waals surface area contributed by atoms with Crippen molar-refractivity contribution < 1.29 is 17.1 Å². The number of nitrogens with zero attached hydrogens (tertiary/aromatic N) is 3. The van der Waals surface area contributed by atoms with Crippen LogP contribution in [0.5, 0.6) is 0 Å². The fraction of sp³-hybridized carbons (Fsp3) is 0.465. The molecule has 3 nitrogen and oxygen atoms in total. The maximum Gasteiger partial charge on any atom is 0.0852 e. The fourth-order valence-corrected chi connectivity index (χ4v) is 5.62. The molecule has 0 saturated carbocycles. The van der Waals surface area contributed by atoms with Crippen LogP contribution in [0.25, 0.3) is 0 Å². The minimum absolute atomic E-state index is 0. The van der Waals surface area contributed by atoms with Gasteiger partial charge in [0.2, 0.25) is 0 Å². The number of pyridine rings is 1. The summed E-state index contributed by atoms with van der Waals surface area (Å²) < 4.78 is 0. The predicted octanol–water partition coefficient (Wildman–Crippen LogP) is 13.4. The first kappa shape index (κ1) is 42.0. The third-order valence-corrected chi connectivity index (χ3v) is 8.41. The number of para-hydroxylation sites is 2. The second-order valence-corrected chi connectivity index (χ2v) is 12.5. The van der Waals surface area contributed by atoms with Crippen LogP contribution >= 0.6 is 0 Å². The molecule has 3 rings (SSSR count). The van der Waals surface area contributed by atoms with E-state index < -0.39 is 0 Å². The zero-order valence-corrected chi connectivity index (χ0v) is 31.5. The Morgan fingerprint density at radius 2 is 0.851 bits per heavy atom. The summed E-state index contributed by atoms with van der Waals surface area (Å²) in [5.41, 5.74) is 11.2. The molecular weight excluding hydrogens is 614 g/mol. The van der Waals surface area contributed by atoms with Crippen molar-refractivity contribution in [3.05, 3.63) is 114 Å². The second-order valence-electron chi connectivity index (χ2n) is 12.5. The van der Waals surface area contributed by atoms with Gasteiger partial charge in [-0.05, 0) is 87.8 Å². The van der Waals surface area contributed by atoms with Gasteiger partial charge in [-0.15, -0.1) is 0 Å². The Kier molecular flexibility index (Phi) is 22.3. The molecule has 0 amide bonds. The van der Waals surface area contributed by atoms with Crippen molar-refractivity contribution in [1.82, 2.24) is 4.98 Å². The summed E-state index contributed by atoms with van der Waals surface area (Å²) in [5, 5.41) is 0. The Morgan fingerprint density at radius 3 is 1.19 bits per heavy atom. The Labute approximate surface area is 298 Å². The van der Waals surface area contributed by atoms with Crippen LogP contribution in [0.3, 0.4) is 0 Å². The van der Waals surface area contributed by atoms with Crippen LogP contribution in [0, 0.1) is 27.7 Å². The van der Waals surface area contributed by atoms with Crippen molar-refractivity contribution in [2.75, 3.05) is 0 Å². The largest absolute Gasteiger partial charge is 0.251 e. The van der Waals surface area contributed by atoms with Crippen molar-refractivity contribution in [2.45, 2.75) is 131 Å². The number of rotatable bonds is 19. The van der Waals surface area contributed by atoms with Gasteiger partial charge in [0, 0.05) is 17.1 Å². The molecule has 47 heavy (non-hydrogen) atoms. The molecule has 0 aliphatic heterocycles. The fourth-order valence-electron chi connectivity index (χ4n) is 5.62. The molecule has 256 valence electrons. The van der Waals surface area contributed by atoms with Crippen LogP contribution in [-0.2, 0) is 17.1 Å². The van der Waals surface area contributed by atoms with E-state index in [0.717, 1.165) is 59.9 Å². The van der Waals surface area contributed by atoms with Gasteiger partial charge in [-0.2, -0.15) is 0 Å². The average Bonchev–Trinajstić information content (AvgIpc) is 3.06. The van der Waals surface area contributed by atoms with Crippen molar-refractivity contribution >= 4 is 22.8 Å². The van der Waals surface area contributed by atoms with Gasteiger partial charge in [-0.25, -0.2) is 4.98 Å². The molecule has 0 saturated heterocycles. The number of aliphatic imine (C=N–C) groups is 2. The number of aromatic nitrogens is 1. The number of aryl methyl sites for hydroxylation is 4. The van der Waals surface area contributed by atoms with Crippen molar-refractivity contribution in [3.8, 4) is 0 Å². The van der Waals surface area contributed by atoms with Gasteiger partial charge in [-0.3, -0.25) is 9.98 Å². The van der Waals surface area contributed by atoms with E-state index in [2.05, 4.69) is 109 Å². The van der Waals surface area contributed by atoms with E-state index in [0.29, 0.717) is 0 Å². The first-order valence-electron chi connectivity index (χ1n) is 17.8. The minimum atomic E-state index is 0. The number of hydrogen-bond donors (Lipinski definition) is 0. The van der Waals surface area contributed by atoms with Crippen LogP contribution in [0.4, 0.5) is 11.4 Å². The standard InChI is InChI=1S/C39H55N3.C4H6.Fe/c1-7-9-11-13-15-17-26-36(41-38-30(3)22-19-23-31(38)4)34-28-21-29-35(40-34)37(27-18-16-14-12-10-8-2)42-39-32(5)24-20-25-33(39)6;1-3-4-2;/h19-25,28-29H,7-18,26-27H2,1-6H3;3-4H,1-2H2;. The number of unbranched alkanes of at least 4 members (excludes halogenated alkanes) is 10. The number of allylic oxidation sites excluding steroid dienone is 2. The maximum absolute atomic E-state index is 5.29. The molecular formula is C43H61FeN3. The molecule has 0 fully saturated rings. The molecule has 0 N–H and O–H groups in total. The Morgan fingerprint density at radius 1 is 0.532 bits per heavy atom. The molecule has 3 aromatic rings. The Hall–Kier alpha value is -3.07. The number of benzene rings is 2. The second kappa shape index (κ2) is 25.0. The van der Waals surface area contributed by atoms with Gasteiger partial charge in [0.1, 0.15) is 0 Å². The van der Waals surface area contributed by atoms with Gasteiger partial charge in [0.05, 0.1) is 34.2 Å². The van der Waals surface area contributed by atoms with E-state index in [1.54, 1.807) is 12.2 Å². The summed E-state index contributed by atoms with van der Waals surface area (Å²) in [7, 11) is 0.